The third kappa shape index (κ3) is 3.34. The van der Waals surface area contributed by atoms with Crippen LogP contribution in [0.25, 0.3) is 10.8 Å². The first kappa shape index (κ1) is 17.0. The Morgan fingerprint density at radius 3 is 2.32 bits per heavy atom. The van der Waals surface area contributed by atoms with Crippen LogP contribution in [-0.4, -0.2) is 14.4 Å². The van der Waals surface area contributed by atoms with Gasteiger partial charge in [0.1, 0.15) is 0 Å². The monoisotopic (exact) mass is 354 g/mol. The average molecular weight is 354 g/mol. The van der Waals surface area contributed by atoms with Gasteiger partial charge < -0.3 is 9.90 Å². The Kier molecular flexibility index (Phi) is 4.22. The van der Waals surface area contributed by atoms with Crippen molar-refractivity contribution in [3.05, 3.63) is 71.3 Å². The Labute approximate surface area is 146 Å². The van der Waals surface area contributed by atoms with E-state index >= 15 is 0 Å². The lowest BCUT2D eigenvalue weighted by atomic mass is 10.1. The van der Waals surface area contributed by atoms with Crippen molar-refractivity contribution < 1.29 is 18.3 Å². The summed E-state index contributed by atoms with van der Waals surface area (Å²) in [5.74, 6) is -1.41. The van der Waals surface area contributed by atoms with Gasteiger partial charge in [-0.15, -0.1) is 0 Å². The van der Waals surface area contributed by atoms with E-state index in [1.54, 1.807) is 26.0 Å². The molecule has 0 aromatic heterocycles. The number of hydrogen-bond donors (Lipinski definition) is 1. The standard InChI is InChI=1S/C19H17NO4S/c1-12-9-16(19(21)22)11-18(13(12)2)25(23,24)20-17-8-7-14-5-3-4-6-15(14)10-17/h3-11,20H,1-2H3,(H,21,22)/p-1. The summed E-state index contributed by atoms with van der Waals surface area (Å²) in [7, 11) is -3.93. The topological polar surface area (TPSA) is 86.3 Å². The van der Waals surface area contributed by atoms with Gasteiger partial charge in [0.05, 0.1) is 10.9 Å². The molecule has 0 unspecified atom stereocenters. The second-order valence-electron chi connectivity index (χ2n) is 5.87. The van der Waals surface area contributed by atoms with Crippen molar-refractivity contribution in [3.8, 4) is 0 Å². The van der Waals surface area contributed by atoms with Crippen LogP contribution in [0.1, 0.15) is 21.5 Å². The van der Waals surface area contributed by atoms with Crippen molar-refractivity contribution in [1.82, 2.24) is 0 Å². The van der Waals surface area contributed by atoms with E-state index in [-0.39, 0.29) is 10.5 Å². The van der Waals surface area contributed by atoms with E-state index in [1.165, 1.54) is 6.07 Å². The number of hydrogen-bond acceptors (Lipinski definition) is 4. The minimum atomic E-state index is -3.93. The first-order valence-corrected chi connectivity index (χ1v) is 9.10. The zero-order valence-corrected chi connectivity index (χ0v) is 14.6. The number of carboxylic acid groups (broad SMARTS) is 1. The molecule has 0 saturated carbocycles. The molecule has 0 spiro atoms. The van der Waals surface area contributed by atoms with Gasteiger partial charge in [0.15, 0.2) is 0 Å². The molecule has 6 heteroatoms. The van der Waals surface area contributed by atoms with Gasteiger partial charge in [-0.1, -0.05) is 30.3 Å². The van der Waals surface area contributed by atoms with E-state index in [0.29, 0.717) is 16.8 Å². The van der Waals surface area contributed by atoms with Gasteiger partial charge in [-0.25, -0.2) is 8.42 Å². The molecule has 0 atom stereocenters. The van der Waals surface area contributed by atoms with Crippen molar-refractivity contribution in [2.24, 2.45) is 0 Å². The van der Waals surface area contributed by atoms with Crippen LogP contribution < -0.4 is 9.83 Å². The molecule has 3 aromatic carbocycles. The Morgan fingerprint density at radius 2 is 1.64 bits per heavy atom. The molecule has 5 nitrogen and oxygen atoms in total. The first-order chi connectivity index (χ1) is 11.8. The predicted octanol–water partition coefficient (Wildman–Crippen LogP) is 2.62. The predicted molar refractivity (Wildman–Crippen MR) is 95.0 cm³/mol. The fourth-order valence-electron chi connectivity index (χ4n) is 2.69. The van der Waals surface area contributed by atoms with Crippen LogP contribution in [0, 0.1) is 13.8 Å². The van der Waals surface area contributed by atoms with Gasteiger partial charge >= 0.3 is 0 Å². The lowest BCUT2D eigenvalue weighted by Crippen LogP contribution is -2.23. The third-order valence-electron chi connectivity index (χ3n) is 4.15. The summed E-state index contributed by atoms with van der Waals surface area (Å²) in [5.41, 5.74) is 1.32. The number of rotatable bonds is 4. The Morgan fingerprint density at radius 1 is 0.960 bits per heavy atom. The molecule has 0 bridgehead atoms. The molecule has 0 amide bonds. The molecule has 25 heavy (non-hydrogen) atoms. The largest absolute Gasteiger partial charge is 0.545 e. The Bertz CT molecular complexity index is 1090. The van der Waals surface area contributed by atoms with Crippen LogP contribution in [0.15, 0.2) is 59.5 Å². The van der Waals surface area contributed by atoms with Crippen molar-refractivity contribution >= 4 is 32.5 Å². The number of aromatic carboxylic acids is 1. The van der Waals surface area contributed by atoms with Crippen LogP contribution in [0.4, 0.5) is 5.69 Å². The van der Waals surface area contributed by atoms with Crippen LogP contribution in [0.3, 0.4) is 0 Å². The number of carbonyl (C=O) groups excluding carboxylic acids is 1. The van der Waals surface area contributed by atoms with Gasteiger partial charge in [-0.2, -0.15) is 0 Å². The van der Waals surface area contributed by atoms with Gasteiger partial charge in [-0.3, -0.25) is 4.72 Å². The van der Waals surface area contributed by atoms with Crippen molar-refractivity contribution in [2.45, 2.75) is 18.7 Å². The highest BCUT2D eigenvalue weighted by molar-refractivity contribution is 7.92. The SMILES string of the molecule is Cc1cc(C(=O)[O-])cc(S(=O)(=O)Nc2ccc3ccccc3c2)c1C. The highest BCUT2D eigenvalue weighted by Gasteiger charge is 2.19. The summed E-state index contributed by atoms with van der Waals surface area (Å²) in [6.07, 6.45) is 0. The number of nitrogens with one attached hydrogen (secondary N) is 1. The second-order valence-corrected chi connectivity index (χ2v) is 7.52. The van der Waals surface area contributed by atoms with Crippen molar-refractivity contribution in [1.29, 1.82) is 0 Å². The van der Waals surface area contributed by atoms with E-state index in [2.05, 4.69) is 4.72 Å². The number of benzene rings is 3. The van der Waals surface area contributed by atoms with E-state index in [0.717, 1.165) is 16.8 Å². The number of carboxylic acids is 1. The molecule has 0 fully saturated rings. The van der Waals surface area contributed by atoms with Gasteiger partial charge in [-0.05, 0) is 65.6 Å². The maximum atomic E-state index is 12.8. The minimum Gasteiger partial charge on any atom is -0.545 e. The normalized spacial score (nSPS) is 11.4. The zero-order chi connectivity index (χ0) is 18.2. The summed E-state index contributed by atoms with van der Waals surface area (Å²) in [4.78, 5) is 11.1. The summed E-state index contributed by atoms with van der Waals surface area (Å²) < 4.78 is 28.0. The second kappa shape index (κ2) is 6.22. The van der Waals surface area contributed by atoms with Gasteiger partial charge in [0, 0.05) is 5.69 Å². The number of carbonyl (C=O) groups is 1. The van der Waals surface area contributed by atoms with E-state index < -0.39 is 16.0 Å². The Balaban J connectivity index is 2.05. The zero-order valence-electron chi connectivity index (χ0n) is 13.7. The average Bonchev–Trinajstić information content (AvgIpc) is 2.56. The maximum Gasteiger partial charge on any atom is 0.262 e. The number of aryl methyl sites for hydroxylation is 1. The third-order valence-corrected chi connectivity index (χ3v) is 5.65. The van der Waals surface area contributed by atoms with Crippen LogP contribution in [0.5, 0.6) is 0 Å². The molecule has 0 radical (unpaired) electrons. The van der Waals surface area contributed by atoms with E-state index in [9.17, 15) is 18.3 Å². The molecule has 0 aliphatic heterocycles. The summed E-state index contributed by atoms with van der Waals surface area (Å²) in [5, 5.41) is 13.0. The molecule has 0 saturated heterocycles. The number of fused-ring (bicyclic) bond motifs is 1. The quantitative estimate of drug-likeness (QED) is 0.780. The lowest BCUT2D eigenvalue weighted by molar-refractivity contribution is -0.255. The molecule has 3 rings (SSSR count). The van der Waals surface area contributed by atoms with E-state index in [1.807, 2.05) is 30.3 Å². The van der Waals surface area contributed by atoms with Crippen LogP contribution in [-0.2, 0) is 10.0 Å². The van der Waals surface area contributed by atoms with Crippen LogP contribution >= 0.6 is 0 Å². The molecule has 128 valence electrons. The van der Waals surface area contributed by atoms with Crippen molar-refractivity contribution in [3.63, 3.8) is 0 Å². The minimum absolute atomic E-state index is 0.0696. The summed E-state index contributed by atoms with van der Waals surface area (Å²) >= 11 is 0. The van der Waals surface area contributed by atoms with Gasteiger partial charge in [0.25, 0.3) is 10.0 Å². The molecule has 3 aromatic rings. The number of anilines is 1. The highest BCUT2D eigenvalue weighted by atomic mass is 32.2. The maximum absolute atomic E-state index is 12.8. The van der Waals surface area contributed by atoms with E-state index in [4.69, 9.17) is 0 Å². The fraction of sp³-hybridized carbons (Fsp3) is 0.105. The molecule has 0 aliphatic rings. The van der Waals surface area contributed by atoms with Crippen molar-refractivity contribution in [2.75, 3.05) is 4.72 Å². The lowest BCUT2D eigenvalue weighted by Gasteiger charge is -2.15. The van der Waals surface area contributed by atoms with Gasteiger partial charge in [0.2, 0.25) is 0 Å². The van der Waals surface area contributed by atoms with Crippen LogP contribution in [0.2, 0.25) is 0 Å². The first-order valence-electron chi connectivity index (χ1n) is 7.62. The number of sulfonamides is 1. The molecular formula is C19H16NO4S-. The molecular weight excluding hydrogens is 338 g/mol. The molecule has 0 heterocycles. The highest BCUT2D eigenvalue weighted by Crippen LogP contribution is 2.25. The molecule has 0 aliphatic carbocycles. The summed E-state index contributed by atoms with van der Waals surface area (Å²) in [6.45, 7) is 3.31. The Hall–Kier alpha value is -2.86. The smallest absolute Gasteiger partial charge is 0.262 e. The summed E-state index contributed by atoms with van der Waals surface area (Å²) in [6, 6.07) is 15.4. The fourth-order valence-corrected chi connectivity index (χ4v) is 4.08. The molecule has 1 N–H and O–H groups in total.